The quantitative estimate of drug-likeness (QED) is 0.769. The molecule has 7 heteroatoms. The lowest BCUT2D eigenvalue weighted by molar-refractivity contribution is -0.125. The van der Waals surface area contributed by atoms with E-state index in [9.17, 15) is 9.59 Å². The molecule has 0 saturated heterocycles. The third kappa shape index (κ3) is 6.64. The topological polar surface area (TPSA) is 76.7 Å². The zero-order chi connectivity index (χ0) is 19.0. The highest BCUT2D eigenvalue weighted by Crippen LogP contribution is 2.20. The average Bonchev–Trinajstić information content (AvgIpc) is 2.61. The van der Waals surface area contributed by atoms with Crippen LogP contribution >= 0.6 is 11.6 Å². The SMILES string of the molecule is CC(C)(COC(=O)Nc1ccccc1Cl)NC(=O)COc1ccccc1. The summed E-state index contributed by atoms with van der Waals surface area (Å²) >= 11 is 5.97. The number of hydrogen-bond donors (Lipinski definition) is 2. The number of para-hydroxylation sites is 2. The molecule has 0 aromatic heterocycles. The minimum absolute atomic E-state index is 0.0135. The monoisotopic (exact) mass is 376 g/mol. The molecule has 2 rings (SSSR count). The van der Waals surface area contributed by atoms with Crippen molar-refractivity contribution in [3.8, 4) is 5.75 Å². The van der Waals surface area contributed by atoms with Crippen LogP contribution in [-0.2, 0) is 9.53 Å². The lowest BCUT2D eigenvalue weighted by Crippen LogP contribution is -2.49. The van der Waals surface area contributed by atoms with Gasteiger partial charge in [0.25, 0.3) is 5.91 Å². The van der Waals surface area contributed by atoms with Crippen LogP contribution in [0.25, 0.3) is 0 Å². The number of anilines is 1. The van der Waals surface area contributed by atoms with Crippen molar-refractivity contribution in [2.75, 3.05) is 18.5 Å². The third-order valence-electron chi connectivity index (χ3n) is 3.27. The Morgan fingerprint density at radius 1 is 1.04 bits per heavy atom. The molecular weight excluding hydrogens is 356 g/mol. The summed E-state index contributed by atoms with van der Waals surface area (Å²) in [5, 5.41) is 5.73. The van der Waals surface area contributed by atoms with Gasteiger partial charge in [-0.3, -0.25) is 10.1 Å². The summed E-state index contributed by atoms with van der Waals surface area (Å²) in [6.07, 6.45) is -0.652. The summed E-state index contributed by atoms with van der Waals surface area (Å²) in [7, 11) is 0. The molecule has 0 saturated carbocycles. The first-order chi connectivity index (χ1) is 12.4. The van der Waals surface area contributed by atoms with Crippen LogP contribution in [0.15, 0.2) is 54.6 Å². The number of amides is 2. The molecule has 6 nitrogen and oxygen atoms in total. The predicted octanol–water partition coefficient (Wildman–Crippen LogP) is 3.86. The van der Waals surface area contributed by atoms with Gasteiger partial charge < -0.3 is 14.8 Å². The highest BCUT2D eigenvalue weighted by Gasteiger charge is 2.23. The molecule has 0 aliphatic carbocycles. The molecule has 2 aromatic carbocycles. The van der Waals surface area contributed by atoms with E-state index in [1.807, 2.05) is 18.2 Å². The predicted molar refractivity (Wildman–Crippen MR) is 101 cm³/mol. The van der Waals surface area contributed by atoms with Crippen molar-refractivity contribution in [3.05, 3.63) is 59.6 Å². The lowest BCUT2D eigenvalue weighted by Gasteiger charge is -2.25. The van der Waals surface area contributed by atoms with Gasteiger partial charge >= 0.3 is 6.09 Å². The second-order valence-electron chi connectivity index (χ2n) is 6.21. The first kappa shape index (κ1) is 19.6. The number of benzene rings is 2. The summed E-state index contributed by atoms with van der Waals surface area (Å²) < 4.78 is 10.5. The largest absolute Gasteiger partial charge is 0.484 e. The van der Waals surface area contributed by atoms with E-state index in [-0.39, 0.29) is 19.1 Å². The van der Waals surface area contributed by atoms with Crippen LogP contribution in [0.2, 0.25) is 5.02 Å². The summed E-state index contributed by atoms with van der Waals surface area (Å²) in [5.41, 5.74) is -0.299. The summed E-state index contributed by atoms with van der Waals surface area (Å²) in [6.45, 7) is 3.35. The number of halogens is 1. The lowest BCUT2D eigenvalue weighted by atomic mass is 10.1. The van der Waals surface area contributed by atoms with Crippen LogP contribution in [-0.4, -0.2) is 30.8 Å². The Morgan fingerprint density at radius 3 is 2.38 bits per heavy atom. The van der Waals surface area contributed by atoms with Gasteiger partial charge in [-0.25, -0.2) is 4.79 Å². The highest BCUT2D eigenvalue weighted by atomic mass is 35.5. The van der Waals surface area contributed by atoms with Crippen LogP contribution in [0.4, 0.5) is 10.5 Å². The standard InChI is InChI=1S/C19H21ClN2O4/c1-19(2,22-17(23)12-25-14-8-4-3-5-9-14)13-26-18(24)21-16-11-7-6-10-15(16)20/h3-11H,12-13H2,1-2H3,(H,21,24)(H,22,23). The Morgan fingerprint density at radius 2 is 1.69 bits per heavy atom. The van der Waals surface area contributed by atoms with Crippen molar-refractivity contribution in [2.24, 2.45) is 0 Å². The Labute approximate surface area is 157 Å². The fourth-order valence-electron chi connectivity index (χ4n) is 2.07. The average molecular weight is 377 g/mol. The minimum Gasteiger partial charge on any atom is -0.484 e. The van der Waals surface area contributed by atoms with E-state index >= 15 is 0 Å². The Kier molecular flexibility index (Phi) is 6.86. The first-order valence-electron chi connectivity index (χ1n) is 8.03. The molecule has 0 radical (unpaired) electrons. The molecule has 0 heterocycles. The summed E-state index contributed by atoms with van der Waals surface area (Å²) in [5.74, 6) is 0.296. The van der Waals surface area contributed by atoms with Crippen LogP contribution in [0.1, 0.15) is 13.8 Å². The van der Waals surface area contributed by atoms with Crippen molar-refractivity contribution in [3.63, 3.8) is 0 Å². The van der Waals surface area contributed by atoms with E-state index in [1.165, 1.54) is 0 Å². The second-order valence-corrected chi connectivity index (χ2v) is 6.62. The van der Waals surface area contributed by atoms with Crippen molar-refractivity contribution < 1.29 is 19.1 Å². The molecule has 0 atom stereocenters. The van der Waals surface area contributed by atoms with E-state index in [1.54, 1.807) is 50.2 Å². The maximum atomic E-state index is 12.0. The number of ether oxygens (including phenoxy) is 2. The van der Waals surface area contributed by atoms with Gasteiger partial charge in [0.05, 0.1) is 16.2 Å². The maximum absolute atomic E-state index is 12.0. The summed E-state index contributed by atoms with van der Waals surface area (Å²) in [4.78, 5) is 23.9. The van der Waals surface area contributed by atoms with Gasteiger partial charge in [-0.2, -0.15) is 0 Å². The Bertz CT molecular complexity index is 750. The number of rotatable bonds is 7. The van der Waals surface area contributed by atoms with Crippen LogP contribution < -0.4 is 15.4 Å². The van der Waals surface area contributed by atoms with Crippen molar-refractivity contribution in [1.82, 2.24) is 5.32 Å². The van der Waals surface area contributed by atoms with Crippen molar-refractivity contribution >= 4 is 29.3 Å². The number of nitrogens with one attached hydrogen (secondary N) is 2. The normalized spacial score (nSPS) is 10.7. The van der Waals surface area contributed by atoms with Crippen molar-refractivity contribution in [1.29, 1.82) is 0 Å². The fourth-order valence-corrected chi connectivity index (χ4v) is 2.25. The zero-order valence-corrected chi connectivity index (χ0v) is 15.4. The van der Waals surface area contributed by atoms with Crippen LogP contribution in [0, 0.1) is 0 Å². The molecule has 0 aliphatic heterocycles. The molecule has 2 aromatic rings. The molecule has 0 aliphatic rings. The third-order valence-corrected chi connectivity index (χ3v) is 3.60. The van der Waals surface area contributed by atoms with Crippen molar-refractivity contribution in [2.45, 2.75) is 19.4 Å². The first-order valence-corrected chi connectivity index (χ1v) is 8.41. The highest BCUT2D eigenvalue weighted by molar-refractivity contribution is 6.33. The molecule has 0 fully saturated rings. The van der Waals surface area contributed by atoms with Crippen LogP contribution in [0.3, 0.4) is 0 Å². The number of carbonyl (C=O) groups excluding carboxylic acids is 2. The fraction of sp³-hybridized carbons (Fsp3) is 0.263. The van der Waals surface area contributed by atoms with Crippen LogP contribution in [0.5, 0.6) is 5.75 Å². The molecule has 2 N–H and O–H groups in total. The van der Waals surface area contributed by atoms with Gasteiger partial charge in [0.15, 0.2) is 6.61 Å². The van der Waals surface area contributed by atoms with E-state index in [0.717, 1.165) is 0 Å². The van der Waals surface area contributed by atoms with Gasteiger partial charge in [-0.15, -0.1) is 0 Å². The van der Waals surface area contributed by atoms with E-state index in [0.29, 0.717) is 16.5 Å². The summed E-state index contributed by atoms with van der Waals surface area (Å²) in [6, 6.07) is 15.9. The minimum atomic E-state index is -0.755. The van der Waals surface area contributed by atoms with Gasteiger partial charge in [0.1, 0.15) is 12.4 Å². The molecule has 0 spiro atoms. The number of hydrogen-bond acceptors (Lipinski definition) is 4. The van der Waals surface area contributed by atoms with Gasteiger partial charge in [0, 0.05) is 0 Å². The second kappa shape index (κ2) is 9.10. The van der Waals surface area contributed by atoms with E-state index in [4.69, 9.17) is 21.1 Å². The molecule has 2 amide bonds. The Hall–Kier alpha value is -2.73. The van der Waals surface area contributed by atoms with Gasteiger partial charge in [0.2, 0.25) is 0 Å². The smallest absolute Gasteiger partial charge is 0.411 e. The molecule has 138 valence electrons. The zero-order valence-electron chi connectivity index (χ0n) is 14.6. The number of carbonyl (C=O) groups is 2. The molecule has 0 bridgehead atoms. The van der Waals surface area contributed by atoms with Gasteiger partial charge in [-0.1, -0.05) is 41.9 Å². The van der Waals surface area contributed by atoms with E-state index in [2.05, 4.69) is 10.6 Å². The van der Waals surface area contributed by atoms with E-state index < -0.39 is 11.6 Å². The Balaban J connectivity index is 1.75. The van der Waals surface area contributed by atoms with Gasteiger partial charge in [-0.05, 0) is 38.1 Å². The molecule has 26 heavy (non-hydrogen) atoms. The molecule has 0 unspecified atom stereocenters. The molecular formula is C19H21ClN2O4. The maximum Gasteiger partial charge on any atom is 0.411 e.